The van der Waals surface area contributed by atoms with Gasteiger partial charge in [-0.05, 0) is 57.3 Å². The van der Waals surface area contributed by atoms with Crippen LogP contribution in [0.5, 0.6) is 0 Å². The highest BCUT2D eigenvalue weighted by atomic mass is 16.5. The van der Waals surface area contributed by atoms with Crippen LogP contribution in [0.4, 0.5) is 5.69 Å². The third kappa shape index (κ3) is 3.24. The first-order chi connectivity index (χ1) is 10.2. The van der Waals surface area contributed by atoms with Crippen LogP contribution in [0.3, 0.4) is 0 Å². The summed E-state index contributed by atoms with van der Waals surface area (Å²) in [4.78, 5) is 2.61. The van der Waals surface area contributed by atoms with Crippen molar-refractivity contribution in [2.45, 2.75) is 32.6 Å². The molecule has 3 nitrogen and oxygen atoms in total. The summed E-state index contributed by atoms with van der Waals surface area (Å²) in [5, 5.41) is 3.49. The fourth-order valence-corrected chi connectivity index (χ4v) is 3.98. The van der Waals surface area contributed by atoms with E-state index < -0.39 is 0 Å². The maximum absolute atomic E-state index is 5.58. The number of hydrogen-bond acceptors (Lipinski definition) is 3. The molecule has 3 rings (SSSR count). The minimum absolute atomic E-state index is 0.319. The molecule has 0 aromatic heterocycles. The summed E-state index contributed by atoms with van der Waals surface area (Å²) in [5.41, 5.74) is 4.69. The van der Waals surface area contributed by atoms with Gasteiger partial charge < -0.3 is 15.0 Å². The van der Waals surface area contributed by atoms with Crippen molar-refractivity contribution in [2.24, 2.45) is 5.41 Å². The monoisotopic (exact) mass is 288 g/mol. The molecule has 1 aromatic rings. The second kappa shape index (κ2) is 6.37. The van der Waals surface area contributed by atoms with Crippen LogP contribution >= 0.6 is 0 Å². The van der Waals surface area contributed by atoms with Crippen LogP contribution in [-0.2, 0) is 11.2 Å². The molecule has 0 aliphatic carbocycles. The van der Waals surface area contributed by atoms with Gasteiger partial charge in [-0.25, -0.2) is 0 Å². The molecule has 1 saturated heterocycles. The lowest BCUT2D eigenvalue weighted by Gasteiger charge is -2.43. The average Bonchev–Trinajstić information content (AvgIpc) is 2.48. The van der Waals surface area contributed by atoms with Crippen LogP contribution in [0, 0.1) is 12.3 Å². The molecule has 1 aromatic carbocycles. The zero-order chi connectivity index (χ0) is 14.7. The Labute approximate surface area is 128 Å². The molecule has 1 fully saturated rings. The van der Waals surface area contributed by atoms with E-state index in [0.717, 1.165) is 26.2 Å². The Bertz CT molecular complexity index is 475. The van der Waals surface area contributed by atoms with Gasteiger partial charge in [-0.2, -0.15) is 0 Å². The first kappa shape index (κ1) is 14.9. The number of ether oxygens (including phenoxy) is 1. The number of methoxy groups -OCH3 is 1. The van der Waals surface area contributed by atoms with Crippen molar-refractivity contribution in [3.05, 3.63) is 29.3 Å². The molecule has 0 bridgehead atoms. The van der Waals surface area contributed by atoms with Gasteiger partial charge in [0.1, 0.15) is 0 Å². The number of anilines is 1. The second-order valence-corrected chi connectivity index (χ2v) is 6.84. The van der Waals surface area contributed by atoms with Gasteiger partial charge >= 0.3 is 0 Å². The highest BCUT2D eigenvalue weighted by Crippen LogP contribution is 2.35. The lowest BCUT2D eigenvalue weighted by atomic mass is 9.78. The molecule has 2 aliphatic rings. The third-order valence-electron chi connectivity index (χ3n) is 5.09. The predicted octanol–water partition coefficient (Wildman–Crippen LogP) is 2.76. The number of aryl methyl sites for hydroxylation is 2. The Kier molecular flexibility index (Phi) is 4.51. The van der Waals surface area contributed by atoms with Crippen LogP contribution in [0.15, 0.2) is 18.2 Å². The molecular weight excluding hydrogens is 260 g/mol. The van der Waals surface area contributed by atoms with Crippen LogP contribution in [-0.4, -0.2) is 39.9 Å². The topological polar surface area (TPSA) is 24.5 Å². The fourth-order valence-electron chi connectivity index (χ4n) is 3.98. The highest BCUT2D eigenvalue weighted by molar-refractivity contribution is 5.57. The van der Waals surface area contributed by atoms with Crippen molar-refractivity contribution in [3.63, 3.8) is 0 Å². The molecule has 0 atom stereocenters. The van der Waals surface area contributed by atoms with E-state index in [9.17, 15) is 0 Å². The minimum atomic E-state index is 0.319. The molecule has 3 heteroatoms. The molecule has 1 N–H and O–H groups in total. The molecule has 0 spiro atoms. The molecule has 0 saturated carbocycles. The van der Waals surface area contributed by atoms with Gasteiger partial charge in [-0.3, -0.25) is 0 Å². The smallest absolute Gasteiger partial charge is 0.0536 e. The highest BCUT2D eigenvalue weighted by Gasteiger charge is 2.35. The Hall–Kier alpha value is -1.06. The van der Waals surface area contributed by atoms with Crippen LogP contribution in [0.2, 0.25) is 0 Å². The van der Waals surface area contributed by atoms with E-state index in [-0.39, 0.29) is 0 Å². The maximum Gasteiger partial charge on any atom is 0.0536 e. The summed E-state index contributed by atoms with van der Waals surface area (Å²) in [6.45, 7) is 7.65. The fraction of sp³-hybridized carbons (Fsp3) is 0.667. The number of nitrogens with zero attached hydrogens (tertiary/aromatic N) is 1. The number of benzene rings is 1. The molecule has 2 heterocycles. The molecule has 0 unspecified atom stereocenters. The summed E-state index contributed by atoms with van der Waals surface area (Å²) in [6.07, 6.45) is 4.95. The second-order valence-electron chi connectivity index (χ2n) is 6.84. The SMILES string of the molecule is COCC1(CN2CCCc3cc(C)ccc32)CCNCC1. The van der Waals surface area contributed by atoms with Gasteiger partial charge in [0, 0.05) is 31.3 Å². The van der Waals surface area contributed by atoms with Gasteiger partial charge in [-0.1, -0.05) is 17.7 Å². The Balaban J connectivity index is 1.81. The Morgan fingerprint density at radius 3 is 2.86 bits per heavy atom. The van der Waals surface area contributed by atoms with Crippen molar-refractivity contribution >= 4 is 5.69 Å². The number of rotatable bonds is 4. The Morgan fingerprint density at radius 2 is 2.10 bits per heavy atom. The predicted molar refractivity (Wildman–Crippen MR) is 88.1 cm³/mol. The summed E-state index contributed by atoms with van der Waals surface area (Å²) >= 11 is 0. The van der Waals surface area contributed by atoms with Crippen molar-refractivity contribution in [2.75, 3.05) is 44.8 Å². The number of piperidine rings is 1. The number of hydrogen-bond donors (Lipinski definition) is 1. The van der Waals surface area contributed by atoms with Gasteiger partial charge in [0.15, 0.2) is 0 Å². The van der Waals surface area contributed by atoms with Crippen molar-refractivity contribution in [1.29, 1.82) is 0 Å². The quantitative estimate of drug-likeness (QED) is 0.922. The van der Waals surface area contributed by atoms with Gasteiger partial charge in [0.25, 0.3) is 0 Å². The Morgan fingerprint density at radius 1 is 1.29 bits per heavy atom. The van der Waals surface area contributed by atoms with E-state index in [2.05, 4.69) is 35.3 Å². The molecule has 0 radical (unpaired) electrons. The molecule has 2 aliphatic heterocycles. The average molecular weight is 288 g/mol. The summed E-state index contributed by atoms with van der Waals surface area (Å²) < 4.78 is 5.58. The van der Waals surface area contributed by atoms with Crippen LogP contribution < -0.4 is 10.2 Å². The van der Waals surface area contributed by atoms with E-state index in [1.54, 1.807) is 0 Å². The van der Waals surface area contributed by atoms with Crippen molar-refractivity contribution in [1.82, 2.24) is 5.32 Å². The van der Waals surface area contributed by atoms with Gasteiger partial charge in [0.2, 0.25) is 0 Å². The summed E-state index contributed by atoms with van der Waals surface area (Å²) in [7, 11) is 1.84. The normalized spacial score (nSPS) is 21.1. The van der Waals surface area contributed by atoms with E-state index in [0.29, 0.717) is 5.41 Å². The standard InChI is InChI=1S/C18H28N2O/c1-15-5-6-17-16(12-15)4-3-11-20(17)13-18(14-21-2)7-9-19-10-8-18/h5-6,12,19H,3-4,7-11,13-14H2,1-2H3. The molecule has 21 heavy (non-hydrogen) atoms. The lowest BCUT2D eigenvalue weighted by Crippen LogP contribution is -2.48. The van der Waals surface area contributed by atoms with E-state index in [4.69, 9.17) is 4.74 Å². The number of fused-ring (bicyclic) bond motifs is 1. The van der Waals surface area contributed by atoms with E-state index in [1.807, 2.05) is 7.11 Å². The van der Waals surface area contributed by atoms with Gasteiger partial charge in [0.05, 0.1) is 6.61 Å². The zero-order valence-electron chi connectivity index (χ0n) is 13.5. The first-order valence-corrected chi connectivity index (χ1v) is 8.27. The molecule has 116 valence electrons. The lowest BCUT2D eigenvalue weighted by molar-refractivity contribution is 0.0585. The van der Waals surface area contributed by atoms with Crippen molar-refractivity contribution < 1.29 is 4.74 Å². The van der Waals surface area contributed by atoms with Crippen LogP contribution in [0.25, 0.3) is 0 Å². The van der Waals surface area contributed by atoms with Crippen LogP contribution in [0.1, 0.15) is 30.4 Å². The molecule has 0 amide bonds. The van der Waals surface area contributed by atoms with Gasteiger partial charge in [-0.15, -0.1) is 0 Å². The largest absolute Gasteiger partial charge is 0.384 e. The minimum Gasteiger partial charge on any atom is -0.384 e. The summed E-state index contributed by atoms with van der Waals surface area (Å²) in [5.74, 6) is 0. The van der Waals surface area contributed by atoms with E-state index in [1.165, 1.54) is 49.0 Å². The molecular formula is C18H28N2O. The first-order valence-electron chi connectivity index (χ1n) is 8.27. The zero-order valence-corrected chi connectivity index (χ0v) is 13.5. The summed E-state index contributed by atoms with van der Waals surface area (Å²) in [6, 6.07) is 6.95. The third-order valence-corrected chi connectivity index (χ3v) is 5.09. The van der Waals surface area contributed by atoms with Crippen molar-refractivity contribution in [3.8, 4) is 0 Å². The number of nitrogens with one attached hydrogen (secondary N) is 1. The maximum atomic E-state index is 5.58. The van der Waals surface area contributed by atoms with E-state index >= 15 is 0 Å².